The minimum absolute atomic E-state index is 0.00323. The number of likely N-dealkylation sites (N-methyl/N-ethyl adjacent to an activating group) is 1. The Morgan fingerprint density at radius 1 is 1.16 bits per heavy atom. The van der Waals surface area contributed by atoms with Crippen LogP contribution in [-0.2, 0) is 11.2 Å². The molecule has 32 heavy (non-hydrogen) atoms. The largest absolute Gasteiger partial charge is 0.497 e. The molecule has 0 N–H and O–H groups in total. The van der Waals surface area contributed by atoms with Crippen LogP contribution < -0.4 is 4.74 Å². The molecule has 1 aliphatic heterocycles. The summed E-state index contributed by atoms with van der Waals surface area (Å²) in [5, 5.41) is 0. The maximum absolute atomic E-state index is 13.1. The molecule has 0 radical (unpaired) electrons. The first-order chi connectivity index (χ1) is 15.4. The van der Waals surface area contributed by atoms with Crippen LogP contribution in [0.15, 0.2) is 24.3 Å². The van der Waals surface area contributed by atoms with Gasteiger partial charge in [-0.05, 0) is 58.7 Å². The standard InChI is InChI=1S/C25H34N4O3/c1-6-28(7-2)23(30)15-22-17(3)26-24(27-18(22)4)20-11-9-13-29(16-20)25(31)19-10-8-12-21(14-19)32-5/h8,10,12,14,20H,6-7,9,11,13,15-16H2,1-5H3/t20-/m1/s1. The molecular weight excluding hydrogens is 404 g/mol. The fourth-order valence-corrected chi connectivity index (χ4v) is 4.35. The van der Waals surface area contributed by atoms with Gasteiger partial charge in [-0.15, -0.1) is 0 Å². The molecule has 2 heterocycles. The molecule has 1 aromatic heterocycles. The molecule has 172 valence electrons. The Hall–Kier alpha value is -2.96. The number of likely N-dealkylation sites (tertiary alicyclic amines) is 1. The van der Waals surface area contributed by atoms with E-state index in [1.165, 1.54) is 0 Å². The lowest BCUT2D eigenvalue weighted by atomic mass is 9.95. The minimum Gasteiger partial charge on any atom is -0.497 e. The normalized spacial score (nSPS) is 16.0. The van der Waals surface area contributed by atoms with Crippen LogP contribution in [0.2, 0.25) is 0 Å². The molecule has 3 rings (SSSR count). The second-order valence-corrected chi connectivity index (χ2v) is 8.30. The molecule has 1 aromatic carbocycles. The number of ether oxygens (including phenoxy) is 1. The van der Waals surface area contributed by atoms with Gasteiger partial charge in [0.15, 0.2) is 0 Å². The van der Waals surface area contributed by atoms with Gasteiger partial charge in [-0.2, -0.15) is 0 Å². The monoisotopic (exact) mass is 438 g/mol. The van der Waals surface area contributed by atoms with Crippen LogP contribution >= 0.6 is 0 Å². The van der Waals surface area contributed by atoms with E-state index in [1.807, 2.05) is 55.7 Å². The van der Waals surface area contributed by atoms with Gasteiger partial charge in [0.1, 0.15) is 11.6 Å². The number of aryl methyl sites for hydroxylation is 2. The van der Waals surface area contributed by atoms with Gasteiger partial charge in [-0.3, -0.25) is 9.59 Å². The second-order valence-electron chi connectivity index (χ2n) is 8.30. The smallest absolute Gasteiger partial charge is 0.254 e. The predicted molar refractivity (Wildman–Crippen MR) is 124 cm³/mol. The van der Waals surface area contributed by atoms with Crippen molar-refractivity contribution in [3.63, 3.8) is 0 Å². The zero-order chi connectivity index (χ0) is 23.3. The summed E-state index contributed by atoms with van der Waals surface area (Å²) in [6.07, 6.45) is 2.17. The highest BCUT2D eigenvalue weighted by molar-refractivity contribution is 5.94. The first-order valence-electron chi connectivity index (χ1n) is 11.4. The summed E-state index contributed by atoms with van der Waals surface area (Å²) in [6.45, 7) is 10.6. The van der Waals surface area contributed by atoms with Crippen LogP contribution in [-0.4, -0.2) is 64.9 Å². The van der Waals surface area contributed by atoms with Crippen molar-refractivity contribution in [2.45, 2.75) is 52.9 Å². The number of carbonyl (C=O) groups is 2. The second kappa shape index (κ2) is 10.6. The predicted octanol–water partition coefficient (Wildman–Crippen LogP) is 3.53. The Balaban J connectivity index is 1.76. The summed E-state index contributed by atoms with van der Waals surface area (Å²) in [6, 6.07) is 7.27. The first kappa shape index (κ1) is 23.7. The minimum atomic E-state index is 0.00323. The van der Waals surface area contributed by atoms with Gasteiger partial charge in [0.2, 0.25) is 5.91 Å². The van der Waals surface area contributed by atoms with E-state index < -0.39 is 0 Å². The van der Waals surface area contributed by atoms with E-state index in [4.69, 9.17) is 14.7 Å². The number of aromatic nitrogens is 2. The van der Waals surface area contributed by atoms with Gasteiger partial charge in [0.05, 0.1) is 13.5 Å². The Bertz CT molecular complexity index is 948. The maximum atomic E-state index is 13.1. The van der Waals surface area contributed by atoms with E-state index >= 15 is 0 Å². The fourth-order valence-electron chi connectivity index (χ4n) is 4.35. The third kappa shape index (κ3) is 5.26. The molecule has 7 heteroatoms. The van der Waals surface area contributed by atoms with Crippen LogP contribution in [0.5, 0.6) is 5.75 Å². The van der Waals surface area contributed by atoms with Crippen LogP contribution in [0.3, 0.4) is 0 Å². The van der Waals surface area contributed by atoms with E-state index in [1.54, 1.807) is 13.2 Å². The number of hydrogen-bond donors (Lipinski definition) is 0. The molecule has 2 amide bonds. The number of carbonyl (C=O) groups excluding carboxylic acids is 2. The van der Waals surface area contributed by atoms with Gasteiger partial charge in [0.25, 0.3) is 5.91 Å². The van der Waals surface area contributed by atoms with Crippen molar-refractivity contribution in [1.82, 2.24) is 19.8 Å². The molecule has 0 unspecified atom stereocenters. The maximum Gasteiger partial charge on any atom is 0.254 e. The van der Waals surface area contributed by atoms with Gasteiger partial charge < -0.3 is 14.5 Å². The van der Waals surface area contributed by atoms with E-state index in [-0.39, 0.29) is 17.7 Å². The van der Waals surface area contributed by atoms with Crippen molar-refractivity contribution >= 4 is 11.8 Å². The Labute approximate surface area is 190 Å². The molecule has 1 atom stereocenters. The molecule has 2 aromatic rings. The summed E-state index contributed by atoms with van der Waals surface area (Å²) >= 11 is 0. The van der Waals surface area contributed by atoms with Crippen molar-refractivity contribution in [3.05, 3.63) is 52.6 Å². The SMILES string of the molecule is CCN(CC)C(=O)Cc1c(C)nc([C@@H]2CCCN(C(=O)c3cccc(OC)c3)C2)nc1C. The number of hydrogen-bond acceptors (Lipinski definition) is 5. The van der Waals surface area contributed by atoms with E-state index in [0.29, 0.717) is 37.4 Å². The number of methoxy groups -OCH3 is 1. The number of amides is 2. The third-order valence-electron chi connectivity index (χ3n) is 6.27. The first-order valence-corrected chi connectivity index (χ1v) is 11.4. The zero-order valence-electron chi connectivity index (χ0n) is 19.9. The summed E-state index contributed by atoms with van der Waals surface area (Å²) in [5.74, 6) is 1.63. The van der Waals surface area contributed by atoms with Crippen molar-refractivity contribution in [2.75, 3.05) is 33.3 Å². The Kier molecular flexibility index (Phi) is 7.83. The van der Waals surface area contributed by atoms with Crippen LogP contribution in [0.4, 0.5) is 0 Å². The summed E-state index contributed by atoms with van der Waals surface area (Å²) in [5.41, 5.74) is 3.24. The molecule has 1 fully saturated rings. The van der Waals surface area contributed by atoms with Crippen molar-refractivity contribution in [2.24, 2.45) is 0 Å². The Morgan fingerprint density at radius 3 is 2.47 bits per heavy atom. The number of rotatable bonds is 7. The summed E-state index contributed by atoms with van der Waals surface area (Å²) in [4.78, 5) is 38.9. The van der Waals surface area contributed by atoms with Crippen molar-refractivity contribution in [1.29, 1.82) is 0 Å². The highest BCUT2D eigenvalue weighted by Gasteiger charge is 2.28. The highest BCUT2D eigenvalue weighted by atomic mass is 16.5. The molecular formula is C25H34N4O3. The van der Waals surface area contributed by atoms with Gasteiger partial charge in [-0.25, -0.2) is 9.97 Å². The Morgan fingerprint density at radius 2 is 1.84 bits per heavy atom. The van der Waals surface area contributed by atoms with E-state index in [2.05, 4.69) is 0 Å². The molecule has 0 saturated carbocycles. The summed E-state index contributed by atoms with van der Waals surface area (Å²) < 4.78 is 5.26. The molecule has 0 spiro atoms. The summed E-state index contributed by atoms with van der Waals surface area (Å²) in [7, 11) is 1.60. The highest BCUT2D eigenvalue weighted by Crippen LogP contribution is 2.27. The average Bonchev–Trinajstić information content (AvgIpc) is 2.81. The average molecular weight is 439 g/mol. The fraction of sp³-hybridized carbons (Fsp3) is 0.520. The molecule has 0 aliphatic carbocycles. The van der Waals surface area contributed by atoms with E-state index in [0.717, 1.165) is 42.2 Å². The molecule has 1 aliphatic rings. The van der Waals surface area contributed by atoms with Crippen LogP contribution in [0.1, 0.15) is 65.7 Å². The van der Waals surface area contributed by atoms with Crippen molar-refractivity contribution < 1.29 is 14.3 Å². The quantitative estimate of drug-likeness (QED) is 0.661. The van der Waals surface area contributed by atoms with E-state index in [9.17, 15) is 9.59 Å². The third-order valence-corrected chi connectivity index (χ3v) is 6.27. The van der Waals surface area contributed by atoms with Crippen molar-refractivity contribution in [3.8, 4) is 5.75 Å². The lowest BCUT2D eigenvalue weighted by Gasteiger charge is -2.32. The number of piperidine rings is 1. The number of benzene rings is 1. The molecule has 0 bridgehead atoms. The zero-order valence-corrected chi connectivity index (χ0v) is 19.9. The van der Waals surface area contributed by atoms with Crippen LogP contribution in [0.25, 0.3) is 0 Å². The van der Waals surface area contributed by atoms with Crippen LogP contribution in [0, 0.1) is 13.8 Å². The number of nitrogens with zero attached hydrogens (tertiary/aromatic N) is 4. The van der Waals surface area contributed by atoms with Gasteiger partial charge in [0, 0.05) is 54.6 Å². The van der Waals surface area contributed by atoms with Gasteiger partial charge >= 0.3 is 0 Å². The lowest BCUT2D eigenvalue weighted by molar-refractivity contribution is -0.130. The topological polar surface area (TPSA) is 75.6 Å². The van der Waals surface area contributed by atoms with Gasteiger partial charge in [-0.1, -0.05) is 6.07 Å². The molecule has 7 nitrogen and oxygen atoms in total. The lowest BCUT2D eigenvalue weighted by Crippen LogP contribution is -2.39. The molecule has 1 saturated heterocycles.